The fourth-order valence-corrected chi connectivity index (χ4v) is 3.33. The summed E-state index contributed by atoms with van der Waals surface area (Å²) in [7, 11) is 0. The minimum Gasteiger partial charge on any atom is -0.385 e. The van der Waals surface area contributed by atoms with Gasteiger partial charge in [0.2, 0.25) is 0 Å². The largest absolute Gasteiger partial charge is 0.385 e. The lowest BCUT2D eigenvalue weighted by Gasteiger charge is -2.47. The molecule has 112 valence electrons. The maximum Gasteiger partial charge on any atom is 0.0948 e. The van der Waals surface area contributed by atoms with Crippen LogP contribution in [-0.4, -0.2) is 29.1 Å². The molecule has 1 fully saturated rings. The van der Waals surface area contributed by atoms with Gasteiger partial charge in [0.05, 0.1) is 5.60 Å². The van der Waals surface area contributed by atoms with Crippen molar-refractivity contribution in [3.05, 3.63) is 35.9 Å². The van der Waals surface area contributed by atoms with Crippen molar-refractivity contribution in [1.82, 2.24) is 4.90 Å². The molecule has 1 saturated heterocycles. The Bertz CT molecular complexity index is 417. The first-order valence-electron chi connectivity index (χ1n) is 7.95. The van der Waals surface area contributed by atoms with Crippen LogP contribution in [0, 0.1) is 11.8 Å². The highest BCUT2D eigenvalue weighted by molar-refractivity contribution is 5.24. The van der Waals surface area contributed by atoms with E-state index in [1.807, 2.05) is 18.2 Å². The van der Waals surface area contributed by atoms with E-state index in [-0.39, 0.29) is 5.92 Å². The Labute approximate surface area is 123 Å². The molecule has 0 spiro atoms. The van der Waals surface area contributed by atoms with Crippen LogP contribution in [0.1, 0.15) is 46.1 Å². The Morgan fingerprint density at radius 2 is 1.90 bits per heavy atom. The molecule has 1 aromatic rings. The molecule has 3 atom stereocenters. The molecule has 1 N–H and O–H groups in total. The zero-order valence-electron chi connectivity index (χ0n) is 13.3. The third-order valence-electron chi connectivity index (χ3n) is 4.82. The second-order valence-corrected chi connectivity index (χ2v) is 6.92. The van der Waals surface area contributed by atoms with Gasteiger partial charge in [-0.3, -0.25) is 0 Å². The van der Waals surface area contributed by atoms with E-state index in [4.69, 9.17) is 0 Å². The van der Waals surface area contributed by atoms with Gasteiger partial charge < -0.3 is 10.0 Å². The third-order valence-corrected chi connectivity index (χ3v) is 4.82. The first kappa shape index (κ1) is 15.5. The van der Waals surface area contributed by atoms with Crippen molar-refractivity contribution in [2.45, 2.75) is 52.2 Å². The van der Waals surface area contributed by atoms with Gasteiger partial charge in [-0.25, -0.2) is 0 Å². The highest BCUT2D eigenvalue weighted by atomic mass is 16.3. The Morgan fingerprint density at radius 3 is 2.50 bits per heavy atom. The Kier molecular flexibility index (Phi) is 4.87. The summed E-state index contributed by atoms with van der Waals surface area (Å²) in [5.41, 5.74) is 0.400. The summed E-state index contributed by atoms with van der Waals surface area (Å²) in [4.78, 5) is 2.54. The van der Waals surface area contributed by atoms with Gasteiger partial charge in [0.15, 0.2) is 0 Å². The molecular formula is C18H29NO. The molecule has 1 aliphatic heterocycles. The van der Waals surface area contributed by atoms with Gasteiger partial charge in [-0.1, -0.05) is 51.1 Å². The second-order valence-electron chi connectivity index (χ2n) is 6.92. The monoisotopic (exact) mass is 275 g/mol. The van der Waals surface area contributed by atoms with E-state index >= 15 is 0 Å². The van der Waals surface area contributed by atoms with Crippen molar-refractivity contribution in [3.63, 3.8) is 0 Å². The van der Waals surface area contributed by atoms with Gasteiger partial charge in [0.1, 0.15) is 0 Å². The van der Waals surface area contributed by atoms with Gasteiger partial charge in [-0.15, -0.1) is 0 Å². The van der Waals surface area contributed by atoms with Crippen LogP contribution in [0.25, 0.3) is 0 Å². The SMILES string of the molecule is CC(C)CCN1C[C@H](C)[C@](O)(c2ccccc2)C[C@H]1C. The van der Waals surface area contributed by atoms with Crippen molar-refractivity contribution in [2.75, 3.05) is 13.1 Å². The molecule has 1 aromatic carbocycles. The Hall–Kier alpha value is -0.860. The number of hydrogen-bond acceptors (Lipinski definition) is 2. The van der Waals surface area contributed by atoms with Gasteiger partial charge >= 0.3 is 0 Å². The van der Waals surface area contributed by atoms with Crippen molar-refractivity contribution in [2.24, 2.45) is 11.8 Å². The highest BCUT2D eigenvalue weighted by Gasteiger charge is 2.42. The van der Waals surface area contributed by atoms with E-state index in [9.17, 15) is 5.11 Å². The molecule has 0 unspecified atom stereocenters. The van der Waals surface area contributed by atoms with Crippen LogP contribution in [0.3, 0.4) is 0 Å². The smallest absolute Gasteiger partial charge is 0.0948 e. The molecule has 1 aliphatic rings. The van der Waals surface area contributed by atoms with Gasteiger partial charge in [-0.2, -0.15) is 0 Å². The number of nitrogens with zero attached hydrogens (tertiary/aromatic N) is 1. The minimum absolute atomic E-state index is 0.272. The van der Waals surface area contributed by atoms with Crippen molar-refractivity contribution in [3.8, 4) is 0 Å². The van der Waals surface area contributed by atoms with Gasteiger partial charge in [-0.05, 0) is 37.8 Å². The number of rotatable bonds is 4. The number of hydrogen-bond donors (Lipinski definition) is 1. The summed E-state index contributed by atoms with van der Waals surface area (Å²) in [5, 5.41) is 11.2. The zero-order valence-corrected chi connectivity index (χ0v) is 13.3. The molecule has 2 rings (SSSR count). The summed E-state index contributed by atoms with van der Waals surface area (Å²) >= 11 is 0. The standard InChI is InChI=1S/C18H29NO/c1-14(2)10-11-19-13-15(3)18(20,12-16(19)4)17-8-6-5-7-9-17/h5-9,14-16,20H,10-13H2,1-4H3/t15-,16+,18-/m0/s1. The average Bonchev–Trinajstić information content (AvgIpc) is 2.42. The lowest BCUT2D eigenvalue weighted by Crippen LogP contribution is -2.53. The quantitative estimate of drug-likeness (QED) is 0.906. The lowest BCUT2D eigenvalue weighted by atomic mass is 9.74. The van der Waals surface area contributed by atoms with Crippen LogP contribution in [0.5, 0.6) is 0 Å². The normalized spacial score (nSPS) is 31.7. The topological polar surface area (TPSA) is 23.5 Å². The van der Waals surface area contributed by atoms with E-state index in [0.29, 0.717) is 6.04 Å². The molecule has 0 bridgehead atoms. The summed E-state index contributed by atoms with van der Waals surface area (Å²) < 4.78 is 0. The summed E-state index contributed by atoms with van der Waals surface area (Å²) in [6.45, 7) is 11.1. The maximum atomic E-state index is 11.2. The first-order chi connectivity index (χ1) is 9.43. The molecule has 0 amide bonds. The lowest BCUT2D eigenvalue weighted by molar-refractivity contribution is -0.0911. The number of benzene rings is 1. The number of piperidine rings is 1. The van der Waals surface area contributed by atoms with Gasteiger partial charge in [0.25, 0.3) is 0 Å². The first-order valence-corrected chi connectivity index (χ1v) is 7.95. The molecular weight excluding hydrogens is 246 g/mol. The minimum atomic E-state index is -0.672. The van der Waals surface area contributed by atoms with E-state index in [1.165, 1.54) is 6.42 Å². The molecule has 0 aromatic heterocycles. The van der Waals surface area contributed by atoms with Crippen LogP contribution in [0.4, 0.5) is 0 Å². The molecule has 1 heterocycles. The average molecular weight is 275 g/mol. The molecule has 20 heavy (non-hydrogen) atoms. The van der Waals surface area contributed by atoms with Crippen molar-refractivity contribution < 1.29 is 5.11 Å². The van der Waals surface area contributed by atoms with Crippen molar-refractivity contribution in [1.29, 1.82) is 0 Å². The van der Waals surface area contributed by atoms with Crippen LogP contribution < -0.4 is 0 Å². The van der Waals surface area contributed by atoms with Crippen LogP contribution >= 0.6 is 0 Å². The number of likely N-dealkylation sites (tertiary alicyclic amines) is 1. The van der Waals surface area contributed by atoms with Gasteiger partial charge in [0, 0.05) is 18.5 Å². The Morgan fingerprint density at radius 1 is 1.25 bits per heavy atom. The van der Waals surface area contributed by atoms with E-state index < -0.39 is 5.60 Å². The summed E-state index contributed by atoms with van der Waals surface area (Å²) in [5.74, 6) is 1.01. The van der Waals surface area contributed by atoms with Crippen LogP contribution in [0.2, 0.25) is 0 Å². The fourth-order valence-electron chi connectivity index (χ4n) is 3.33. The maximum absolute atomic E-state index is 11.2. The molecule has 0 radical (unpaired) electrons. The fraction of sp³-hybridized carbons (Fsp3) is 0.667. The second kappa shape index (κ2) is 6.28. The molecule has 2 heteroatoms. The van der Waals surface area contributed by atoms with E-state index in [1.54, 1.807) is 0 Å². The predicted molar refractivity (Wildman–Crippen MR) is 84.6 cm³/mol. The predicted octanol–water partition coefficient (Wildman–Crippen LogP) is 3.65. The van der Waals surface area contributed by atoms with E-state index in [2.05, 4.69) is 44.7 Å². The number of aliphatic hydroxyl groups is 1. The van der Waals surface area contributed by atoms with E-state index in [0.717, 1.165) is 31.0 Å². The molecule has 0 aliphatic carbocycles. The van der Waals surface area contributed by atoms with Crippen LogP contribution in [-0.2, 0) is 5.60 Å². The molecule has 2 nitrogen and oxygen atoms in total. The zero-order chi connectivity index (χ0) is 14.8. The Balaban J connectivity index is 2.09. The third kappa shape index (κ3) is 3.24. The summed E-state index contributed by atoms with van der Waals surface area (Å²) in [6.07, 6.45) is 2.07. The highest BCUT2D eigenvalue weighted by Crippen LogP contribution is 2.39. The van der Waals surface area contributed by atoms with Crippen molar-refractivity contribution >= 4 is 0 Å². The molecule has 0 saturated carbocycles. The van der Waals surface area contributed by atoms with Crippen LogP contribution in [0.15, 0.2) is 30.3 Å². The summed E-state index contributed by atoms with van der Waals surface area (Å²) in [6, 6.07) is 10.6.